The molecule has 0 radical (unpaired) electrons. The van der Waals surface area contributed by atoms with Crippen molar-refractivity contribution < 1.29 is 22.8 Å². The average Bonchev–Trinajstić information content (AvgIpc) is 2.37. The maximum Gasteiger partial charge on any atom is 0.416 e. The van der Waals surface area contributed by atoms with Crippen LogP contribution in [0.25, 0.3) is 0 Å². The van der Waals surface area contributed by atoms with Gasteiger partial charge in [0.2, 0.25) is 5.91 Å². The Hall–Kier alpha value is -1.57. The molecule has 1 N–H and O–H groups in total. The Kier molecular flexibility index (Phi) is 5.77. The molecule has 0 spiro atoms. The van der Waals surface area contributed by atoms with Crippen LogP contribution in [-0.4, -0.2) is 36.9 Å². The van der Waals surface area contributed by atoms with Crippen molar-refractivity contribution in [2.45, 2.75) is 13.1 Å². The highest BCUT2D eigenvalue weighted by Gasteiger charge is 2.32. The fourth-order valence-corrected chi connectivity index (χ4v) is 2.03. The monoisotopic (exact) mass is 366 g/mol. The average molecular weight is 367 g/mol. The van der Waals surface area contributed by atoms with E-state index in [4.69, 9.17) is 0 Å². The van der Waals surface area contributed by atoms with Gasteiger partial charge in [0.1, 0.15) is 0 Å². The van der Waals surface area contributed by atoms with Crippen LogP contribution in [0.2, 0.25) is 0 Å². The molecule has 116 valence electrons. The minimum absolute atomic E-state index is 0.142. The summed E-state index contributed by atoms with van der Waals surface area (Å²) in [5.74, 6) is -1.05. The molecule has 0 saturated heterocycles. The zero-order valence-electron chi connectivity index (χ0n) is 11.4. The van der Waals surface area contributed by atoms with Gasteiger partial charge in [0.25, 0.3) is 5.91 Å². The summed E-state index contributed by atoms with van der Waals surface area (Å²) in [6, 6.07) is 2.81. The lowest BCUT2D eigenvalue weighted by Gasteiger charge is -2.18. The van der Waals surface area contributed by atoms with Gasteiger partial charge in [-0.05, 0) is 41.1 Å². The van der Waals surface area contributed by atoms with Crippen molar-refractivity contribution in [1.29, 1.82) is 0 Å². The van der Waals surface area contributed by atoms with Gasteiger partial charge in [0, 0.05) is 18.1 Å². The van der Waals surface area contributed by atoms with Crippen molar-refractivity contribution in [3.8, 4) is 0 Å². The highest BCUT2D eigenvalue weighted by Crippen LogP contribution is 2.32. The number of nitrogens with zero attached hydrogens (tertiary/aromatic N) is 1. The number of amides is 2. The van der Waals surface area contributed by atoms with Crippen LogP contribution in [0.4, 0.5) is 13.2 Å². The Morgan fingerprint density at radius 1 is 1.33 bits per heavy atom. The quantitative estimate of drug-likeness (QED) is 0.890. The molecular formula is C13H14BrF3N2O2. The first kappa shape index (κ1) is 17.5. The number of hydrogen-bond donors (Lipinski definition) is 1. The van der Waals surface area contributed by atoms with Crippen LogP contribution in [0.15, 0.2) is 22.7 Å². The van der Waals surface area contributed by atoms with Crippen molar-refractivity contribution in [1.82, 2.24) is 10.2 Å². The summed E-state index contributed by atoms with van der Waals surface area (Å²) >= 11 is 3.05. The van der Waals surface area contributed by atoms with Crippen LogP contribution in [0.5, 0.6) is 0 Å². The predicted molar refractivity (Wildman–Crippen MR) is 74.8 cm³/mol. The Balaban J connectivity index is 2.98. The van der Waals surface area contributed by atoms with Gasteiger partial charge >= 0.3 is 6.18 Å². The van der Waals surface area contributed by atoms with E-state index in [0.717, 1.165) is 23.1 Å². The van der Waals surface area contributed by atoms with Gasteiger partial charge in [-0.2, -0.15) is 13.2 Å². The van der Waals surface area contributed by atoms with E-state index in [1.807, 2.05) is 0 Å². The summed E-state index contributed by atoms with van der Waals surface area (Å²) in [6.45, 7) is 1.91. The summed E-state index contributed by atoms with van der Waals surface area (Å²) in [7, 11) is 1.35. The van der Waals surface area contributed by atoms with E-state index in [-0.39, 0.29) is 22.5 Å². The Bertz CT molecular complexity index is 547. The normalized spacial score (nSPS) is 11.1. The number of carbonyl (C=O) groups is 2. The van der Waals surface area contributed by atoms with Crippen LogP contribution < -0.4 is 5.32 Å². The molecular weight excluding hydrogens is 353 g/mol. The maximum absolute atomic E-state index is 12.7. The van der Waals surface area contributed by atoms with E-state index in [1.165, 1.54) is 7.05 Å². The van der Waals surface area contributed by atoms with Crippen molar-refractivity contribution >= 4 is 27.7 Å². The molecule has 0 aromatic heterocycles. The van der Waals surface area contributed by atoms with E-state index in [0.29, 0.717) is 6.54 Å². The molecule has 21 heavy (non-hydrogen) atoms. The lowest BCUT2D eigenvalue weighted by molar-refractivity contribution is -0.137. The molecule has 2 amide bonds. The Morgan fingerprint density at radius 3 is 2.48 bits per heavy atom. The topological polar surface area (TPSA) is 49.4 Å². The van der Waals surface area contributed by atoms with E-state index < -0.39 is 17.6 Å². The molecule has 4 nitrogen and oxygen atoms in total. The number of rotatable bonds is 4. The van der Waals surface area contributed by atoms with Gasteiger partial charge in [-0.25, -0.2) is 0 Å². The van der Waals surface area contributed by atoms with Crippen LogP contribution in [0.3, 0.4) is 0 Å². The molecule has 0 fully saturated rings. The summed E-state index contributed by atoms with van der Waals surface area (Å²) < 4.78 is 38.2. The number of nitrogens with one attached hydrogen (secondary N) is 1. The Morgan fingerprint density at radius 2 is 1.95 bits per heavy atom. The van der Waals surface area contributed by atoms with Crippen molar-refractivity contribution in [3.05, 3.63) is 33.8 Å². The minimum Gasteiger partial charge on any atom is -0.355 e. The molecule has 0 aliphatic heterocycles. The second kappa shape index (κ2) is 6.93. The second-order valence-electron chi connectivity index (χ2n) is 4.31. The van der Waals surface area contributed by atoms with Gasteiger partial charge in [-0.3, -0.25) is 9.59 Å². The molecule has 0 aliphatic rings. The molecule has 1 aromatic rings. The van der Waals surface area contributed by atoms with Gasteiger partial charge in [-0.1, -0.05) is 0 Å². The van der Waals surface area contributed by atoms with Gasteiger partial charge < -0.3 is 10.2 Å². The molecule has 0 saturated carbocycles. The number of halogens is 4. The minimum atomic E-state index is -4.53. The molecule has 0 aliphatic carbocycles. The second-order valence-corrected chi connectivity index (χ2v) is 5.16. The summed E-state index contributed by atoms with van der Waals surface area (Å²) in [4.78, 5) is 24.6. The van der Waals surface area contributed by atoms with Gasteiger partial charge in [0.05, 0.1) is 17.7 Å². The maximum atomic E-state index is 12.7. The van der Waals surface area contributed by atoms with E-state index in [2.05, 4.69) is 21.2 Å². The van der Waals surface area contributed by atoms with Crippen LogP contribution in [0.1, 0.15) is 22.8 Å². The summed E-state index contributed by atoms with van der Waals surface area (Å²) in [6.07, 6.45) is -4.53. The number of carbonyl (C=O) groups excluding carboxylic acids is 2. The predicted octanol–water partition coefficient (Wildman–Crippen LogP) is 2.68. The third-order valence-electron chi connectivity index (χ3n) is 2.63. The zero-order chi connectivity index (χ0) is 16.2. The number of hydrogen-bond acceptors (Lipinski definition) is 2. The molecule has 1 aromatic carbocycles. The lowest BCUT2D eigenvalue weighted by Crippen LogP contribution is -2.38. The molecule has 0 unspecified atom stereocenters. The molecule has 0 atom stereocenters. The Labute approximate surface area is 128 Å². The number of likely N-dealkylation sites (N-methyl/N-ethyl adjacent to an activating group) is 2. The smallest absolute Gasteiger partial charge is 0.355 e. The van der Waals surface area contributed by atoms with E-state index >= 15 is 0 Å². The largest absolute Gasteiger partial charge is 0.416 e. The van der Waals surface area contributed by atoms with Crippen molar-refractivity contribution in [3.63, 3.8) is 0 Å². The molecule has 0 bridgehead atoms. The SMILES string of the molecule is CCNC(=O)CN(C)C(=O)c1cc(C(F)(F)F)ccc1Br. The number of alkyl halides is 3. The third kappa shape index (κ3) is 4.73. The third-order valence-corrected chi connectivity index (χ3v) is 3.32. The number of benzene rings is 1. The van der Waals surface area contributed by atoms with E-state index in [9.17, 15) is 22.8 Å². The highest BCUT2D eigenvalue weighted by molar-refractivity contribution is 9.10. The van der Waals surface area contributed by atoms with Gasteiger partial charge in [-0.15, -0.1) is 0 Å². The standard InChI is InChI=1S/C13H14BrF3N2O2/c1-3-18-11(20)7-19(2)12(21)9-6-8(13(15,16)17)4-5-10(9)14/h4-6H,3,7H2,1-2H3,(H,18,20). The fraction of sp³-hybridized carbons (Fsp3) is 0.385. The molecule has 0 heterocycles. The highest BCUT2D eigenvalue weighted by atomic mass is 79.9. The zero-order valence-corrected chi connectivity index (χ0v) is 13.0. The van der Waals surface area contributed by atoms with E-state index in [1.54, 1.807) is 6.92 Å². The summed E-state index contributed by atoms with van der Waals surface area (Å²) in [5, 5.41) is 2.51. The summed E-state index contributed by atoms with van der Waals surface area (Å²) in [5.41, 5.74) is -1.06. The first-order valence-corrected chi connectivity index (χ1v) is 6.85. The lowest BCUT2D eigenvalue weighted by atomic mass is 10.1. The molecule has 1 rings (SSSR count). The van der Waals surface area contributed by atoms with Crippen molar-refractivity contribution in [2.24, 2.45) is 0 Å². The van der Waals surface area contributed by atoms with Crippen molar-refractivity contribution in [2.75, 3.05) is 20.1 Å². The first-order valence-electron chi connectivity index (χ1n) is 6.05. The molecule has 8 heteroatoms. The first-order chi connectivity index (χ1) is 9.66. The van der Waals surface area contributed by atoms with Crippen LogP contribution in [-0.2, 0) is 11.0 Å². The van der Waals surface area contributed by atoms with Gasteiger partial charge in [0.15, 0.2) is 0 Å². The van der Waals surface area contributed by atoms with Crippen LogP contribution in [0, 0.1) is 0 Å². The fourth-order valence-electron chi connectivity index (χ4n) is 1.61. The van der Waals surface area contributed by atoms with Crippen LogP contribution >= 0.6 is 15.9 Å².